The third kappa shape index (κ3) is 3.78. The molecule has 6 nitrogen and oxygen atoms in total. The molecule has 6 heteroatoms. The highest BCUT2D eigenvalue weighted by atomic mass is 16.2. The van der Waals surface area contributed by atoms with E-state index in [2.05, 4.69) is 10.6 Å². The van der Waals surface area contributed by atoms with Gasteiger partial charge in [0.15, 0.2) is 0 Å². The van der Waals surface area contributed by atoms with E-state index in [0.717, 1.165) is 37.1 Å². The molecule has 2 amide bonds. The number of para-hydroxylation sites is 1. The van der Waals surface area contributed by atoms with Gasteiger partial charge in [0.05, 0.1) is 11.4 Å². The Kier molecular flexibility index (Phi) is 5.26. The van der Waals surface area contributed by atoms with Gasteiger partial charge in [-0.05, 0) is 31.9 Å². The molecule has 134 valence electrons. The van der Waals surface area contributed by atoms with Crippen molar-refractivity contribution in [2.45, 2.75) is 51.5 Å². The Morgan fingerprint density at radius 1 is 1.08 bits per heavy atom. The molecular weight excluding hydrogens is 316 g/mol. The largest absolute Gasteiger partial charge is 0.335 e. The maximum absolute atomic E-state index is 12.8. The minimum absolute atomic E-state index is 0.197. The molecule has 0 radical (unpaired) electrons. The van der Waals surface area contributed by atoms with Crippen molar-refractivity contribution in [3.05, 3.63) is 46.4 Å². The van der Waals surface area contributed by atoms with Crippen molar-refractivity contribution in [3.63, 3.8) is 0 Å². The lowest BCUT2D eigenvalue weighted by Gasteiger charge is -2.16. The van der Waals surface area contributed by atoms with Crippen LogP contribution in [0.15, 0.2) is 35.1 Å². The van der Waals surface area contributed by atoms with Gasteiger partial charge in [-0.1, -0.05) is 43.9 Å². The molecule has 1 saturated carbocycles. The fourth-order valence-corrected chi connectivity index (χ4v) is 3.47. The molecule has 1 aliphatic rings. The average Bonchev–Trinajstić information content (AvgIpc) is 2.81. The summed E-state index contributed by atoms with van der Waals surface area (Å²) in [5.41, 5.74) is 1.61. The van der Waals surface area contributed by atoms with Crippen LogP contribution in [0, 0.1) is 6.92 Å². The van der Waals surface area contributed by atoms with Gasteiger partial charge in [0.2, 0.25) is 0 Å². The molecule has 1 aliphatic carbocycles. The lowest BCUT2D eigenvalue weighted by Crippen LogP contribution is -2.38. The average molecular weight is 342 g/mol. The second-order valence-electron chi connectivity index (χ2n) is 6.72. The first-order valence-electron chi connectivity index (χ1n) is 8.99. The van der Waals surface area contributed by atoms with Crippen LogP contribution in [0.25, 0.3) is 5.69 Å². The van der Waals surface area contributed by atoms with E-state index in [1.165, 1.54) is 12.8 Å². The van der Waals surface area contributed by atoms with Crippen LogP contribution in [0.2, 0.25) is 0 Å². The Morgan fingerprint density at radius 2 is 1.72 bits per heavy atom. The Hall–Kier alpha value is -2.50. The maximum Gasteiger partial charge on any atom is 0.319 e. The van der Waals surface area contributed by atoms with E-state index in [-0.39, 0.29) is 17.6 Å². The summed E-state index contributed by atoms with van der Waals surface area (Å²) in [6.07, 6.45) is 6.79. The molecule has 2 aromatic rings. The van der Waals surface area contributed by atoms with Crippen LogP contribution >= 0.6 is 0 Å². The number of carbonyl (C=O) groups excluding carboxylic acids is 1. The van der Waals surface area contributed by atoms with Crippen molar-refractivity contribution in [1.29, 1.82) is 0 Å². The minimum Gasteiger partial charge on any atom is -0.335 e. The SMILES string of the molecule is Cc1c(NC(=O)NC2CCCCCC2)c(=O)n(-c2ccccc2)n1C. The molecule has 0 bridgehead atoms. The molecule has 0 atom stereocenters. The van der Waals surface area contributed by atoms with E-state index in [1.807, 2.05) is 44.3 Å². The molecule has 0 aliphatic heterocycles. The predicted octanol–water partition coefficient (Wildman–Crippen LogP) is 3.33. The van der Waals surface area contributed by atoms with Gasteiger partial charge in [-0.3, -0.25) is 9.48 Å². The summed E-state index contributed by atoms with van der Waals surface area (Å²) < 4.78 is 3.33. The second-order valence-corrected chi connectivity index (χ2v) is 6.72. The highest BCUT2D eigenvalue weighted by Crippen LogP contribution is 2.18. The molecule has 25 heavy (non-hydrogen) atoms. The molecule has 0 saturated heterocycles. The number of rotatable bonds is 3. The van der Waals surface area contributed by atoms with Gasteiger partial charge in [0, 0.05) is 13.1 Å². The van der Waals surface area contributed by atoms with Crippen molar-refractivity contribution >= 4 is 11.7 Å². The number of amides is 2. The van der Waals surface area contributed by atoms with Gasteiger partial charge in [-0.15, -0.1) is 0 Å². The molecule has 1 heterocycles. The Balaban J connectivity index is 1.79. The normalized spacial score (nSPS) is 15.6. The van der Waals surface area contributed by atoms with Gasteiger partial charge in [0.25, 0.3) is 5.56 Å². The van der Waals surface area contributed by atoms with Crippen molar-refractivity contribution < 1.29 is 4.79 Å². The molecule has 0 unspecified atom stereocenters. The summed E-state index contributed by atoms with van der Waals surface area (Å²) in [7, 11) is 1.82. The summed E-state index contributed by atoms with van der Waals surface area (Å²) in [5, 5.41) is 5.80. The van der Waals surface area contributed by atoms with Crippen molar-refractivity contribution in [3.8, 4) is 5.69 Å². The molecule has 0 spiro atoms. The first kappa shape index (κ1) is 17.3. The minimum atomic E-state index is -0.294. The number of hydrogen-bond acceptors (Lipinski definition) is 2. The molecule has 1 fully saturated rings. The van der Waals surface area contributed by atoms with Crippen molar-refractivity contribution in [2.75, 3.05) is 5.32 Å². The smallest absolute Gasteiger partial charge is 0.319 e. The standard InChI is InChI=1S/C19H26N4O2/c1-14-17(21-19(25)20-15-10-6-3-4-7-11-15)18(24)23(22(14)2)16-12-8-5-9-13-16/h5,8-9,12-13,15H,3-4,6-7,10-11H2,1-2H3,(H2,20,21,25). The monoisotopic (exact) mass is 342 g/mol. The fraction of sp³-hybridized carbons (Fsp3) is 0.474. The maximum atomic E-state index is 12.8. The summed E-state index contributed by atoms with van der Waals surface area (Å²) in [4.78, 5) is 25.2. The van der Waals surface area contributed by atoms with E-state index >= 15 is 0 Å². The lowest BCUT2D eigenvalue weighted by molar-refractivity contribution is 0.247. The van der Waals surface area contributed by atoms with Crippen LogP contribution < -0.4 is 16.2 Å². The molecule has 1 aromatic heterocycles. The summed E-state index contributed by atoms with van der Waals surface area (Å²) >= 11 is 0. The third-order valence-corrected chi connectivity index (χ3v) is 4.98. The summed E-state index contributed by atoms with van der Waals surface area (Å²) in [6.45, 7) is 1.84. The van der Waals surface area contributed by atoms with Crippen LogP contribution in [0.5, 0.6) is 0 Å². The number of benzene rings is 1. The van der Waals surface area contributed by atoms with Crippen LogP contribution in [0.3, 0.4) is 0 Å². The number of anilines is 1. The van der Waals surface area contributed by atoms with Crippen LogP contribution in [0.1, 0.15) is 44.2 Å². The fourth-order valence-electron chi connectivity index (χ4n) is 3.47. The number of hydrogen-bond donors (Lipinski definition) is 2. The lowest BCUT2D eigenvalue weighted by atomic mass is 10.1. The second kappa shape index (κ2) is 7.59. The predicted molar refractivity (Wildman–Crippen MR) is 99.4 cm³/mol. The van der Waals surface area contributed by atoms with Crippen molar-refractivity contribution in [2.24, 2.45) is 7.05 Å². The van der Waals surface area contributed by atoms with E-state index in [9.17, 15) is 9.59 Å². The first-order chi connectivity index (χ1) is 12.1. The number of nitrogens with zero attached hydrogens (tertiary/aromatic N) is 2. The quantitative estimate of drug-likeness (QED) is 0.840. The number of carbonyl (C=O) groups is 1. The highest BCUT2D eigenvalue weighted by molar-refractivity contribution is 5.89. The van der Waals surface area contributed by atoms with Crippen molar-refractivity contribution in [1.82, 2.24) is 14.7 Å². The van der Waals surface area contributed by atoms with Gasteiger partial charge >= 0.3 is 6.03 Å². The Morgan fingerprint density at radius 3 is 2.36 bits per heavy atom. The van der Waals surface area contributed by atoms with E-state index in [4.69, 9.17) is 0 Å². The van der Waals surface area contributed by atoms with E-state index in [1.54, 1.807) is 9.36 Å². The zero-order valence-corrected chi connectivity index (χ0v) is 14.9. The van der Waals surface area contributed by atoms with Gasteiger partial charge in [0.1, 0.15) is 5.69 Å². The Bertz CT molecular complexity index is 784. The number of urea groups is 1. The van der Waals surface area contributed by atoms with Crippen LogP contribution in [0.4, 0.5) is 10.5 Å². The molecular formula is C19H26N4O2. The molecule has 3 rings (SSSR count). The number of aromatic nitrogens is 2. The van der Waals surface area contributed by atoms with Gasteiger partial charge in [-0.25, -0.2) is 9.48 Å². The third-order valence-electron chi connectivity index (χ3n) is 4.98. The summed E-state index contributed by atoms with van der Waals surface area (Å²) in [6, 6.07) is 9.32. The topological polar surface area (TPSA) is 68.1 Å². The zero-order chi connectivity index (χ0) is 17.8. The summed E-state index contributed by atoms with van der Waals surface area (Å²) in [5.74, 6) is 0. The Labute approximate surface area is 147 Å². The zero-order valence-electron chi connectivity index (χ0n) is 14.9. The van der Waals surface area contributed by atoms with E-state index in [0.29, 0.717) is 5.69 Å². The molecule has 1 aromatic carbocycles. The van der Waals surface area contributed by atoms with Gasteiger partial charge in [-0.2, -0.15) is 0 Å². The molecule has 2 N–H and O–H groups in total. The van der Waals surface area contributed by atoms with E-state index < -0.39 is 0 Å². The number of nitrogens with one attached hydrogen (secondary N) is 2. The van der Waals surface area contributed by atoms with Gasteiger partial charge < -0.3 is 10.6 Å². The van der Waals surface area contributed by atoms with Crippen LogP contribution in [-0.2, 0) is 7.05 Å². The van der Waals surface area contributed by atoms with Crippen LogP contribution in [-0.4, -0.2) is 21.4 Å². The highest BCUT2D eigenvalue weighted by Gasteiger charge is 2.20. The first-order valence-corrected chi connectivity index (χ1v) is 8.99.